The third kappa shape index (κ3) is 5.42. The predicted molar refractivity (Wildman–Crippen MR) is 96.2 cm³/mol. The summed E-state index contributed by atoms with van der Waals surface area (Å²) in [4.78, 5) is 24.2. The standard InChI is InChI=1S/C18H21N3O4/c1-12(19-18(23)21-13-7-5-4-6-8-13)17(22)20-14-9-15(24-2)11-16(10-14)25-3/h4-12H,1-3H3,(H,20,22)(H2,19,21,23). The number of anilines is 2. The molecule has 3 N–H and O–H groups in total. The first-order valence-electron chi connectivity index (χ1n) is 7.68. The fourth-order valence-corrected chi connectivity index (χ4v) is 2.08. The van der Waals surface area contributed by atoms with Gasteiger partial charge in [-0.25, -0.2) is 4.79 Å². The van der Waals surface area contributed by atoms with Crippen molar-refractivity contribution >= 4 is 23.3 Å². The van der Waals surface area contributed by atoms with Gasteiger partial charge in [-0.2, -0.15) is 0 Å². The quantitative estimate of drug-likeness (QED) is 0.752. The van der Waals surface area contributed by atoms with Gasteiger partial charge < -0.3 is 25.4 Å². The first kappa shape index (κ1) is 18.1. The maximum atomic E-state index is 12.3. The molecule has 132 valence electrons. The monoisotopic (exact) mass is 343 g/mol. The van der Waals surface area contributed by atoms with Crippen LogP contribution < -0.4 is 25.4 Å². The fraction of sp³-hybridized carbons (Fsp3) is 0.222. The Hall–Kier alpha value is -3.22. The van der Waals surface area contributed by atoms with E-state index in [-0.39, 0.29) is 5.91 Å². The number of hydrogen-bond donors (Lipinski definition) is 3. The molecule has 0 fully saturated rings. The van der Waals surface area contributed by atoms with Gasteiger partial charge in [-0.15, -0.1) is 0 Å². The van der Waals surface area contributed by atoms with Crippen molar-refractivity contribution in [2.45, 2.75) is 13.0 Å². The van der Waals surface area contributed by atoms with Crippen LogP contribution >= 0.6 is 0 Å². The average Bonchev–Trinajstić information content (AvgIpc) is 2.61. The van der Waals surface area contributed by atoms with Gasteiger partial charge in [0, 0.05) is 29.6 Å². The molecule has 0 saturated heterocycles. The van der Waals surface area contributed by atoms with E-state index in [1.165, 1.54) is 14.2 Å². The Balaban J connectivity index is 1.95. The Morgan fingerprint density at radius 3 is 2.04 bits per heavy atom. The van der Waals surface area contributed by atoms with Crippen LogP contribution in [0.1, 0.15) is 6.92 Å². The first-order valence-corrected chi connectivity index (χ1v) is 7.68. The topological polar surface area (TPSA) is 88.7 Å². The van der Waals surface area contributed by atoms with E-state index in [0.717, 1.165) is 0 Å². The maximum absolute atomic E-state index is 12.3. The van der Waals surface area contributed by atoms with E-state index in [1.54, 1.807) is 37.3 Å². The van der Waals surface area contributed by atoms with Crippen LogP contribution in [0.3, 0.4) is 0 Å². The van der Waals surface area contributed by atoms with E-state index in [0.29, 0.717) is 22.9 Å². The van der Waals surface area contributed by atoms with Crippen LogP contribution in [0, 0.1) is 0 Å². The normalized spacial score (nSPS) is 11.2. The van der Waals surface area contributed by atoms with Crippen LogP contribution in [0.25, 0.3) is 0 Å². The number of methoxy groups -OCH3 is 2. The van der Waals surface area contributed by atoms with Crippen molar-refractivity contribution in [2.75, 3.05) is 24.9 Å². The van der Waals surface area contributed by atoms with Gasteiger partial charge in [-0.3, -0.25) is 4.79 Å². The van der Waals surface area contributed by atoms with E-state index in [1.807, 2.05) is 18.2 Å². The fourth-order valence-electron chi connectivity index (χ4n) is 2.08. The molecule has 0 heterocycles. The summed E-state index contributed by atoms with van der Waals surface area (Å²) in [6.45, 7) is 1.59. The van der Waals surface area contributed by atoms with Gasteiger partial charge in [0.25, 0.3) is 0 Å². The summed E-state index contributed by atoms with van der Waals surface area (Å²) in [5.41, 5.74) is 1.16. The Morgan fingerprint density at radius 2 is 1.48 bits per heavy atom. The minimum absolute atomic E-state index is 0.362. The van der Waals surface area contributed by atoms with Crippen LogP contribution in [-0.4, -0.2) is 32.2 Å². The molecule has 2 rings (SSSR count). The summed E-state index contributed by atoms with van der Waals surface area (Å²) in [7, 11) is 3.05. The first-order chi connectivity index (χ1) is 12.0. The van der Waals surface area contributed by atoms with Crippen molar-refractivity contribution in [3.8, 4) is 11.5 Å². The second-order valence-electron chi connectivity index (χ2n) is 5.28. The third-order valence-corrected chi connectivity index (χ3v) is 3.39. The lowest BCUT2D eigenvalue weighted by atomic mass is 10.2. The zero-order valence-electron chi connectivity index (χ0n) is 14.3. The Bertz CT molecular complexity index is 712. The maximum Gasteiger partial charge on any atom is 0.319 e. The zero-order valence-corrected chi connectivity index (χ0v) is 14.3. The molecule has 0 aromatic heterocycles. The summed E-state index contributed by atoms with van der Waals surface area (Å²) >= 11 is 0. The zero-order chi connectivity index (χ0) is 18.2. The summed E-state index contributed by atoms with van der Waals surface area (Å²) in [5.74, 6) is 0.743. The lowest BCUT2D eigenvalue weighted by Gasteiger charge is -2.16. The summed E-state index contributed by atoms with van der Waals surface area (Å²) in [5, 5.41) is 7.96. The largest absolute Gasteiger partial charge is 0.497 e. The number of carbonyl (C=O) groups is 2. The van der Waals surface area contributed by atoms with Crippen molar-refractivity contribution in [2.24, 2.45) is 0 Å². The average molecular weight is 343 g/mol. The van der Waals surface area contributed by atoms with E-state index in [2.05, 4.69) is 16.0 Å². The smallest absolute Gasteiger partial charge is 0.319 e. The van der Waals surface area contributed by atoms with Crippen molar-refractivity contribution in [3.63, 3.8) is 0 Å². The van der Waals surface area contributed by atoms with Gasteiger partial charge in [0.2, 0.25) is 5.91 Å². The molecule has 7 heteroatoms. The molecule has 0 aliphatic rings. The van der Waals surface area contributed by atoms with Crippen molar-refractivity contribution in [1.82, 2.24) is 5.32 Å². The van der Waals surface area contributed by atoms with Gasteiger partial charge >= 0.3 is 6.03 Å². The molecule has 0 aliphatic heterocycles. The third-order valence-electron chi connectivity index (χ3n) is 3.39. The number of carbonyl (C=O) groups excluding carboxylic acids is 2. The molecule has 25 heavy (non-hydrogen) atoms. The molecule has 2 aromatic rings. The van der Waals surface area contributed by atoms with Crippen LogP contribution in [0.4, 0.5) is 16.2 Å². The number of benzene rings is 2. The molecule has 0 saturated carbocycles. The predicted octanol–water partition coefficient (Wildman–Crippen LogP) is 2.85. The molecule has 0 bridgehead atoms. The van der Waals surface area contributed by atoms with Crippen molar-refractivity contribution in [3.05, 3.63) is 48.5 Å². The van der Waals surface area contributed by atoms with Crippen molar-refractivity contribution < 1.29 is 19.1 Å². The molecule has 1 atom stereocenters. The summed E-state index contributed by atoms with van der Waals surface area (Å²) in [6.07, 6.45) is 0. The molecule has 0 spiro atoms. The van der Waals surface area contributed by atoms with E-state index in [9.17, 15) is 9.59 Å². The molecular formula is C18H21N3O4. The summed E-state index contributed by atoms with van der Waals surface area (Å²) < 4.78 is 10.3. The minimum Gasteiger partial charge on any atom is -0.497 e. The SMILES string of the molecule is COc1cc(NC(=O)C(C)NC(=O)Nc2ccccc2)cc(OC)c1. The van der Waals surface area contributed by atoms with Crippen LogP contribution in [-0.2, 0) is 4.79 Å². The highest BCUT2D eigenvalue weighted by molar-refractivity contribution is 5.99. The molecule has 1 unspecified atom stereocenters. The van der Waals surface area contributed by atoms with E-state index < -0.39 is 12.1 Å². The Morgan fingerprint density at radius 1 is 0.880 bits per heavy atom. The molecule has 2 aromatic carbocycles. The minimum atomic E-state index is -0.735. The molecule has 3 amide bonds. The lowest BCUT2D eigenvalue weighted by molar-refractivity contribution is -0.117. The van der Waals surface area contributed by atoms with Gasteiger partial charge in [0.1, 0.15) is 17.5 Å². The van der Waals surface area contributed by atoms with E-state index in [4.69, 9.17) is 9.47 Å². The number of ether oxygens (including phenoxy) is 2. The Kier molecular flexibility index (Phi) is 6.22. The number of hydrogen-bond acceptors (Lipinski definition) is 4. The van der Waals surface area contributed by atoms with E-state index >= 15 is 0 Å². The van der Waals surface area contributed by atoms with Crippen LogP contribution in [0.2, 0.25) is 0 Å². The highest BCUT2D eigenvalue weighted by Gasteiger charge is 2.16. The van der Waals surface area contributed by atoms with Crippen LogP contribution in [0.5, 0.6) is 11.5 Å². The highest BCUT2D eigenvalue weighted by Crippen LogP contribution is 2.25. The highest BCUT2D eigenvalue weighted by atomic mass is 16.5. The molecular weight excluding hydrogens is 322 g/mol. The number of nitrogens with one attached hydrogen (secondary N) is 3. The summed E-state index contributed by atoms with van der Waals surface area (Å²) in [6, 6.07) is 12.8. The molecule has 0 radical (unpaired) electrons. The second-order valence-corrected chi connectivity index (χ2v) is 5.28. The number of rotatable bonds is 6. The number of para-hydroxylation sites is 1. The van der Waals surface area contributed by atoms with Crippen molar-refractivity contribution in [1.29, 1.82) is 0 Å². The Labute approximate surface area is 146 Å². The number of urea groups is 1. The van der Waals surface area contributed by atoms with Gasteiger partial charge in [-0.05, 0) is 19.1 Å². The van der Waals surface area contributed by atoms with Gasteiger partial charge in [0.15, 0.2) is 0 Å². The lowest BCUT2D eigenvalue weighted by Crippen LogP contribution is -2.43. The molecule has 7 nitrogen and oxygen atoms in total. The van der Waals surface area contributed by atoms with Gasteiger partial charge in [0.05, 0.1) is 14.2 Å². The number of amides is 3. The van der Waals surface area contributed by atoms with Gasteiger partial charge in [-0.1, -0.05) is 18.2 Å². The second kappa shape index (κ2) is 8.58. The molecule has 0 aliphatic carbocycles. The van der Waals surface area contributed by atoms with Crippen LogP contribution in [0.15, 0.2) is 48.5 Å².